The number of fused-ring (bicyclic) bond motifs is 1. The lowest BCUT2D eigenvalue weighted by Crippen LogP contribution is -2.34. The molecule has 136 valence electrons. The Kier molecular flexibility index (Phi) is 5.52. The number of carbonyl (C=O) groups is 1. The van der Waals surface area contributed by atoms with Crippen molar-refractivity contribution in [2.75, 3.05) is 13.6 Å². The monoisotopic (exact) mass is 369 g/mol. The van der Waals surface area contributed by atoms with Crippen molar-refractivity contribution in [2.45, 2.75) is 33.2 Å². The normalized spacial score (nSPS) is 11.0. The van der Waals surface area contributed by atoms with Crippen LogP contribution in [0.5, 0.6) is 0 Å². The second-order valence-electron chi connectivity index (χ2n) is 6.43. The molecule has 1 amide bonds. The van der Waals surface area contributed by atoms with Gasteiger partial charge in [0.1, 0.15) is 11.4 Å². The van der Waals surface area contributed by atoms with Crippen LogP contribution in [0.15, 0.2) is 41.5 Å². The standard InChI is InChI=1S/C20H23N3O2S/c1-4-5-11-22(3)16(24)12-23-13-21-19-18(20(23)25)17(14(2)26-19)15-9-7-6-8-10-15/h6-10,13H,4-5,11-12H2,1-3H3. The maximum Gasteiger partial charge on any atom is 0.263 e. The molecule has 0 saturated carbocycles. The maximum atomic E-state index is 13.1. The summed E-state index contributed by atoms with van der Waals surface area (Å²) in [5.74, 6) is -0.0742. The van der Waals surface area contributed by atoms with Gasteiger partial charge < -0.3 is 4.90 Å². The smallest absolute Gasteiger partial charge is 0.263 e. The summed E-state index contributed by atoms with van der Waals surface area (Å²) in [5.41, 5.74) is 1.76. The Labute approximate surface area is 156 Å². The minimum Gasteiger partial charge on any atom is -0.344 e. The highest BCUT2D eigenvalue weighted by atomic mass is 32.1. The number of likely N-dealkylation sites (N-methyl/N-ethyl adjacent to an activating group) is 1. The van der Waals surface area contributed by atoms with Gasteiger partial charge in [-0.1, -0.05) is 43.7 Å². The summed E-state index contributed by atoms with van der Waals surface area (Å²) < 4.78 is 1.42. The van der Waals surface area contributed by atoms with E-state index < -0.39 is 0 Å². The van der Waals surface area contributed by atoms with Gasteiger partial charge in [-0.15, -0.1) is 11.3 Å². The van der Waals surface area contributed by atoms with Gasteiger partial charge in [0.15, 0.2) is 0 Å². The third kappa shape index (κ3) is 3.55. The van der Waals surface area contributed by atoms with Gasteiger partial charge in [-0.2, -0.15) is 0 Å². The number of carbonyl (C=O) groups excluding carboxylic acids is 1. The molecule has 2 aromatic heterocycles. The minimum absolute atomic E-state index is 0.0190. The molecule has 2 heterocycles. The molecule has 0 bridgehead atoms. The molecule has 0 fully saturated rings. The molecule has 0 unspecified atom stereocenters. The topological polar surface area (TPSA) is 55.2 Å². The molecule has 0 saturated heterocycles. The lowest BCUT2D eigenvalue weighted by atomic mass is 10.0. The van der Waals surface area contributed by atoms with Crippen molar-refractivity contribution in [2.24, 2.45) is 0 Å². The number of thiophene rings is 1. The fraction of sp³-hybridized carbons (Fsp3) is 0.350. The van der Waals surface area contributed by atoms with Crippen molar-refractivity contribution in [1.29, 1.82) is 0 Å². The maximum absolute atomic E-state index is 13.1. The van der Waals surface area contributed by atoms with Gasteiger partial charge in [-0.25, -0.2) is 4.98 Å². The van der Waals surface area contributed by atoms with Gasteiger partial charge in [0.05, 0.1) is 11.7 Å². The van der Waals surface area contributed by atoms with E-state index in [1.54, 1.807) is 11.9 Å². The highest BCUT2D eigenvalue weighted by Crippen LogP contribution is 2.35. The first-order valence-electron chi connectivity index (χ1n) is 8.80. The van der Waals surface area contributed by atoms with Crippen LogP contribution in [0, 0.1) is 6.92 Å². The fourth-order valence-corrected chi connectivity index (χ4v) is 3.99. The predicted molar refractivity (Wildman–Crippen MR) is 107 cm³/mol. The van der Waals surface area contributed by atoms with Crippen LogP contribution in [0.2, 0.25) is 0 Å². The lowest BCUT2D eigenvalue weighted by molar-refractivity contribution is -0.130. The SMILES string of the molecule is CCCCN(C)C(=O)Cn1cnc2sc(C)c(-c3ccccc3)c2c1=O. The zero-order valence-electron chi connectivity index (χ0n) is 15.4. The van der Waals surface area contributed by atoms with Crippen molar-refractivity contribution in [3.8, 4) is 11.1 Å². The molecule has 6 heteroatoms. The van der Waals surface area contributed by atoms with E-state index in [0.717, 1.165) is 33.7 Å². The highest BCUT2D eigenvalue weighted by molar-refractivity contribution is 7.19. The molecule has 0 aliphatic rings. The quantitative estimate of drug-likeness (QED) is 0.666. The van der Waals surface area contributed by atoms with Crippen LogP contribution in [-0.2, 0) is 11.3 Å². The number of rotatable bonds is 6. The van der Waals surface area contributed by atoms with E-state index in [1.165, 1.54) is 22.2 Å². The first kappa shape index (κ1) is 18.3. The number of hydrogen-bond donors (Lipinski definition) is 0. The zero-order valence-corrected chi connectivity index (χ0v) is 16.2. The summed E-state index contributed by atoms with van der Waals surface area (Å²) in [6, 6.07) is 9.86. The van der Waals surface area contributed by atoms with Crippen LogP contribution < -0.4 is 5.56 Å². The summed E-state index contributed by atoms with van der Waals surface area (Å²) in [7, 11) is 1.78. The summed E-state index contributed by atoms with van der Waals surface area (Å²) in [6.45, 7) is 4.81. The Morgan fingerprint density at radius 1 is 1.27 bits per heavy atom. The van der Waals surface area contributed by atoms with Gasteiger partial charge in [0.25, 0.3) is 5.56 Å². The molecular weight excluding hydrogens is 346 g/mol. The zero-order chi connectivity index (χ0) is 18.7. The molecule has 0 atom stereocenters. The van der Waals surface area contributed by atoms with E-state index in [2.05, 4.69) is 11.9 Å². The second kappa shape index (κ2) is 7.83. The van der Waals surface area contributed by atoms with E-state index in [-0.39, 0.29) is 18.0 Å². The molecule has 0 aliphatic carbocycles. The molecule has 3 rings (SSSR count). The first-order chi connectivity index (χ1) is 12.5. The summed E-state index contributed by atoms with van der Waals surface area (Å²) >= 11 is 1.51. The minimum atomic E-state index is -0.157. The molecule has 3 aromatic rings. The molecule has 0 N–H and O–H groups in total. The van der Waals surface area contributed by atoms with Crippen LogP contribution in [0.1, 0.15) is 24.6 Å². The Balaban J connectivity index is 2.01. The molecule has 5 nitrogen and oxygen atoms in total. The van der Waals surface area contributed by atoms with Crippen LogP contribution in [0.3, 0.4) is 0 Å². The molecule has 26 heavy (non-hydrogen) atoms. The summed E-state index contributed by atoms with van der Waals surface area (Å²) in [5, 5.41) is 0.602. The molecule has 0 radical (unpaired) electrons. The van der Waals surface area contributed by atoms with Crippen LogP contribution >= 0.6 is 11.3 Å². The van der Waals surface area contributed by atoms with Crippen LogP contribution in [0.25, 0.3) is 21.3 Å². The third-order valence-corrected chi connectivity index (χ3v) is 5.51. The highest BCUT2D eigenvalue weighted by Gasteiger charge is 2.18. The Morgan fingerprint density at radius 3 is 2.69 bits per heavy atom. The Bertz CT molecular complexity index is 976. The summed E-state index contributed by atoms with van der Waals surface area (Å²) in [6.07, 6.45) is 3.47. The van der Waals surface area contributed by atoms with E-state index in [4.69, 9.17) is 0 Å². The molecule has 1 aromatic carbocycles. The van der Waals surface area contributed by atoms with Crippen molar-refractivity contribution in [1.82, 2.24) is 14.5 Å². The van der Waals surface area contributed by atoms with Gasteiger partial charge in [0, 0.05) is 24.0 Å². The van der Waals surface area contributed by atoms with Gasteiger partial charge >= 0.3 is 0 Å². The number of unbranched alkanes of at least 4 members (excludes halogenated alkanes) is 1. The van der Waals surface area contributed by atoms with E-state index in [9.17, 15) is 9.59 Å². The molecule has 0 aliphatic heterocycles. The molecule has 0 spiro atoms. The third-order valence-electron chi connectivity index (χ3n) is 4.50. The predicted octanol–water partition coefficient (Wildman–Crippen LogP) is 3.69. The Morgan fingerprint density at radius 2 is 2.00 bits per heavy atom. The van der Waals surface area contributed by atoms with Crippen molar-refractivity contribution < 1.29 is 4.79 Å². The van der Waals surface area contributed by atoms with Crippen molar-refractivity contribution >= 4 is 27.5 Å². The van der Waals surface area contributed by atoms with Crippen LogP contribution in [-0.4, -0.2) is 34.0 Å². The number of benzene rings is 1. The van der Waals surface area contributed by atoms with Gasteiger partial charge in [0.2, 0.25) is 5.91 Å². The number of nitrogens with zero attached hydrogens (tertiary/aromatic N) is 3. The average molecular weight is 369 g/mol. The van der Waals surface area contributed by atoms with Gasteiger partial charge in [-0.3, -0.25) is 14.2 Å². The average Bonchev–Trinajstić information content (AvgIpc) is 2.99. The first-order valence-corrected chi connectivity index (χ1v) is 9.62. The van der Waals surface area contributed by atoms with Crippen molar-refractivity contribution in [3.63, 3.8) is 0 Å². The van der Waals surface area contributed by atoms with Crippen molar-refractivity contribution in [3.05, 3.63) is 51.9 Å². The number of hydrogen-bond acceptors (Lipinski definition) is 4. The van der Waals surface area contributed by atoms with Gasteiger partial charge in [-0.05, 0) is 18.9 Å². The lowest BCUT2D eigenvalue weighted by Gasteiger charge is -2.17. The van der Waals surface area contributed by atoms with E-state index in [1.807, 2.05) is 37.3 Å². The van der Waals surface area contributed by atoms with Crippen LogP contribution in [0.4, 0.5) is 0 Å². The Hall–Kier alpha value is -2.47. The van der Waals surface area contributed by atoms with E-state index >= 15 is 0 Å². The second-order valence-corrected chi connectivity index (χ2v) is 7.63. The molecular formula is C20H23N3O2S. The largest absolute Gasteiger partial charge is 0.344 e. The number of aryl methyl sites for hydroxylation is 1. The summed E-state index contributed by atoms with van der Waals surface area (Å²) in [4.78, 5) is 33.4. The fourth-order valence-electron chi connectivity index (χ4n) is 2.99. The number of aromatic nitrogens is 2. The van der Waals surface area contributed by atoms with E-state index in [0.29, 0.717) is 11.9 Å². The number of amides is 1.